The largest absolute Gasteiger partial charge is 0.480 e. The van der Waals surface area contributed by atoms with Crippen molar-refractivity contribution < 1.29 is 4.74 Å². The second-order valence-electron chi connectivity index (χ2n) is 8.06. The Kier molecular flexibility index (Phi) is 8.48. The van der Waals surface area contributed by atoms with Crippen molar-refractivity contribution in [2.24, 2.45) is 0 Å². The Labute approximate surface area is 186 Å². The molecule has 0 radical (unpaired) electrons. The molecule has 160 valence electrons. The van der Waals surface area contributed by atoms with E-state index in [-0.39, 0.29) is 16.9 Å². The average molecular weight is 415 g/mol. The van der Waals surface area contributed by atoms with Gasteiger partial charge in [-0.05, 0) is 44.4 Å². The molecule has 0 bridgehead atoms. The first-order valence-corrected chi connectivity index (χ1v) is 10.8. The zero-order valence-electron chi connectivity index (χ0n) is 18.9. The summed E-state index contributed by atoms with van der Waals surface area (Å²) in [7, 11) is 0. The van der Waals surface area contributed by atoms with E-state index in [0.717, 1.165) is 18.7 Å². The van der Waals surface area contributed by atoms with E-state index in [0.29, 0.717) is 5.57 Å². The number of benzene rings is 1. The summed E-state index contributed by atoms with van der Waals surface area (Å²) < 4.78 is 5.80. The number of rotatable bonds is 9. The first-order chi connectivity index (χ1) is 14.9. The van der Waals surface area contributed by atoms with Gasteiger partial charge in [-0.1, -0.05) is 51.0 Å². The first-order valence-electron chi connectivity index (χ1n) is 10.8. The molecule has 0 unspecified atom stereocenters. The van der Waals surface area contributed by atoms with Crippen molar-refractivity contribution >= 4 is 11.8 Å². The van der Waals surface area contributed by atoms with Gasteiger partial charge in [-0.25, -0.2) is 0 Å². The number of allylic oxidation sites excluding steroid dienone is 2. The Balaban J connectivity index is 2.31. The molecule has 5 heteroatoms. The summed E-state index contributed by atoms with van der Waals surface area (Å²) in [6, 6.07) is 14.1. The van der Waals surface area contributed by atoms with Crippen LogP contribution in [0.4, 0.5) is 5.69 Å². The van der Waals surface area contributed by atoms with Crippen LogP contribution in [0.3, 0.4) is 0 Å². The van der Waals surface area contributed by atoms with Gasteiger partial charge in [0.2, 0.25) is 0 Å². The van der Waals surface area contributed by atoms with Gasteiger partial charge < -0.3 is 9.64 Å². The maximum absolute atomic E-state index is 9.64. The van der Waals surface area contributed by atoms with Crippen LogP contribution in [0.5, 0.6) is 0 Å². The lowest BCUT2D eigenvalue weighted by Crippen LogP contribution is -2.25. The van der Waals surface area contributed by atoms with E-state index in [1.165, 1.54) is 31.4 Å². The summed E-state index contributed by atoms with van der Waals surface area (Å²) in [6.45, 7) is 10.2. The van der Waals surface area contributed by atoms with Crippen molar-refractivity contribution in [3.8, 4) is 18.2 Å². The van der Waals surface area contributed by atoms with Crippen molar-refractivity contribution in [1.82, 2.24) is 0 Å². The molecule has 0 fully saturated rings. The third-order valence-corrected chi connectivity index (χ3v) is 5.33. The SMILES string of the molecule is CCCCN(CCCC)c1ccc(/C=C/C2=C(C#N)C(=C(C#N)C#N)OC2(C)C)cc1. The van der Waals surface area contributed by atoms with Gasteiger partial charge in [0.05, 0.1) is 0 Å². The minimum atomic E-state index is -0.799. The lowest BCUT2D eigenvalue weighted by Gasteiger charge is -2.24. The number of nitriles is 3. The molecule has 1 aromatic carbocycles. The Morgan fingerprint density at radius 1 is 0.968 bits per heavy atom. The predicted molar refractivity (Wildman–Crippen MR) is 124 cm³/mol. The van der Waals surface area contributed by atoms with Gasteiger partial charge in [-0.2, -0.15) is 15.8 Å². The molecular weight excluding hydrogens is 384 g/mol. The summed E-state index contributed by atoms with van der Waals surface area (Å²) >= 11 is 0. The fourth-order valence-corrected chi connectivity index (χ4v) is 3.53. The van der Waals surface area contributed by atoms with Gasteiger partial charge in [-0.15, -0.1) is 0 Å². The van der Waals surface area contributed by atoms with E-state index in [1.54, 1.807) is 0 Å². The number of unbranched alkanes of at least 4 members (excludes halogenated alkanes) is 2. The summed E-state index contributed by atoms with van der Waals surface area (Å²) in [5.41, 5.74) is 2.14. The Hall–Kier alpha value is -3.49. The second kappa shape index (κ2) is 11.1. The highest BCUT2D eigenvalue weighted by molar-refractivity contribution is 5.65. The monoisotopic (exact) mass is 414 g/mol. The quantitative estimate of drug-likeness (QED) is 0.460. The first kappa shape index (κ1) is 23.8. The molecule has 0 saturated carbocycles. The molecule has 0 amide bonds. The van der Waals surface area contributed by atoms with Gasteiger partial charge in [0.25, 0.3) is 0 Å². The van der Waals surface area contributed by atoms with Gasteiger partial charge in [-0.3, -0.25) is 0 Å². The highest BCUT2D eigenvalue weighted by Gasteiger charge is 2.38. The van der Waals surface area contributed by atoms with Crippen LogP contribution in [-0.4, -0.2) is 18.7 Å². The third kappa shape index (κ3) is 5.78. The van der Waals surface area contributed by atoms with E-state index in [1.807, 2.05) is 38.1 Å². The molecule has 0 aliphatic carbocycles. The van der Waals surface area contributed by atoms with Crippen LogP contribution in [-0.2, 0) is 4.74 Å². The molecule has 1 aromatic rings. The van der Waals surface area contributed by atoms with Crippen LogP contribution in [0, 0.1) is 34.0 Å². The Bertz CT molecular complexity index is 968. The molecule has 0 aromatic heterocycles. The lowest BCUT2D eigenvalue weighted by molar-refractivity contribution is 0.0954. The van der Waals surface area contributed by atoms with E-state index in [4.69, 9.17) is 4.74 Å². The fourth-order valence-electron chi connectivity index (χ4n) is 3.53. The molecule has 2 rings (SSSR count). The van der Waals surface area contributed by atoms with Crippen LogP contribution >= 0.6 is 0 Å². The van der Waals surface area contributed by atoms with E-state index in [2.05, 4.69) is 49.1 Å². The van der Waals surface area contributed by atoms with Gasteiger partial charge in [0.15, 0.2) is 11.3 Å². The van der Waals surface area contributed by atoms with Crippen LogP contribution in [0.1, 0.15) is 58.9 Å². The van der Waals surface area contributed by atoms with E-state index >= 15 is 0 Å². The highest BCUT2D eigenvalue weighted by atomic mass is 16.5. The van der Waals surface area contributed by atoms with Crippen LogP contribution in [0.2, 0.25) is 0 Å². The lowest BCUT2D eigenvalue weighted by atomic mass is 9.94. The molecule has 0 saturated heterocycles. The van der Waals surface area contributed by atoms with Crippen molar-refractivity contribution in [2.75, 3.05) is 18.0 Å². The molecule has 5 nitrogen and oxygen atoms in total. The smallest absolute Gasteiger partial charge is 0.172 e. The topological polar surface area (TPSA) is 83.8 Å². The minimum Gasteiger partial charge on any atom is -0.480 e. The molecular formula is C26H30N4O. The number of ether oxygens (including phenoxy) is 1. The summed E-state index contributed by atoms with van der Waals surface area (Å²) in [5, 5.41) is 28.0. The molecule has 1 aliphatic heterocycles. The van der Waals surface area contributed by atoms with Gasteiger partial charge in [0, 0.05) is 24.4 Å². The number of hydrogen-bond donors (Lipinski definition) is 0. The normalized spacial score (nSPS) is 14.7. The predicted octanol–water partition coefficient (Wildman–Crippen LogP) is 6.04. The fraction of sp³-hybridized carbons (Fsp3) is 0.423. The Morgan fingerprint density at radius 3 is 2.03 bits per heavy atom. The third-order valence-electron chi connectivity index (χ3n) is 5.33. The van der Waals surface area contributed by atoms with Gasteiger partial charge in [0.1, 0.15) is 29.4 Å². The number of anilines is 1. The van der Waals surface area contributed by atoms with Crippen LogP contribution < -0.4 is 4.90 Å². The second-order valence-corrected chi connectivity index (χ2v) is 8.06. The van der Waals surface area contributed by atoms with Crippen molar-refractivity contribution in [1.29, 1.82) is 15.8 Å². The average Bonchev–Trinajstić information content (AvgIpc) is 3.03. The maximum atomic E-state index is 9.64. The maximum Gasteiger partial charge on any atom is 0.172 e. The van der Waals surface area contributed by atoms with E-state index in [9.17, 15) is 15.8 Å². The molecule has 0 spiro atoms. The summed E-state index contributed by atoms with van der Waals surface area (Å²) in [5.74, 6) is 0.0648. The molecule has 1 heterocycles. The van der Waals surface area contributed by atoms with Crippen molar-refractivity contribution in [3.63, 3.8) is 0 Å². The molecule has 31 heavy (non-hydrogen) atoms. The number of nitrogens with zero attached hydrogens (tertiary/aromatic N) is 4. The molecule has 0 atom stereocenters. The standard InChI is InChI=1S/C26H30N4O/c1-5-7-15-30(16-8-6-2)22-12-9-20(10-13-22)11-14-24-23(19-29)25(21(17-27)18-28)31-26(24,3)4/h9-14H,5-8,15-16H2,1-4H3/b14-11+. The van der Waals surface area contributed by atoms with Crippen molar-refractivity contribution in [3.05, 3.63) is 58.4 Å². The zero-order chi connectivity index (χ0) is 22.9. The molecule has 1 aliphatic rings. The molecule has 0 N–H and O–H groups in total. The summed E-state index contributed by atoms with van der Waals surface area (Å²) in [6.07, 6.45) is 8.48. The van der Waals surface area contributed by atoms with Crippen LogP contribution in [0.15, 0.2) is 52.8 Å². The zero-order valence-corrected chi connectivity index (χ0v) is 18.9. The minimum absolute atomic E-state index is 0.0648. The highest BCUT2D eigenvalue weighted by Crippen LogP contribution is 2.40. The van der Waals surface area contributed by atoms with Gasteiger partial charge >= 0.3 is 0 Å². The van der Waals surface area contributed by atoms with Crippen LogP contribution in [0.25, 0.3) is 6.08 Å². The summed E-state index contributed by atoms with van der Waals surface area (Å²) in [4.78, 5) is 2.44. The van der Waals surface area contributed by atoms with E-state index < -0.39 is 5.60 Å². The number of hydrogen-bond acceptors (Lipinski definition) is 5. The Morgan fingerprint density at radius 2 is 1.55 bits per heavy atom. The van der Waals surface area contributed by atoms with Crippen molar-refractivity contribution in [2.45, 2.75) is 59.0 Å².